The van der Waals surface area contributed by atoms with Crippen LogP contribution < -0.4 is 0 Å². The molecule has 0 aliphatic rings. The maximum atomic E-state index is 12.7. The van der Waals surface area contributed by atoms with Crippen molar-refractivity contribution < 1.29 is 23.8 Å². The molecule has 8 heteroatoms. The molecule has 7 nitrogen and oxygen atoms in total. The molecule has 1 N–H and O–H groups in total. The molecule has 0 unspecified atom stereocenters. The van der Waals surface area contributed by atoms with Crippen LogP contribution in [0.15, 0.2) is 48.5 Å². The standard InChI is InChI=1S/C25H27ClN2O5/c1-4-31-24(30)21-22(25(32-5-2)33-6-3)28-20(27-21)15-16-7-9-17(10-8-16)23(29)18-11-13-19(26)14-12-18/h7-14,25H,4-6,15H2,1-3H3,(H,27,28). The minimum Gasteiger partial charge on any atom is -0.461 e. The predicted molar refractivity (Wildman–Crippen MR) is 125 cm³/mol. The molecular formula is C25H27ClN2O5. The number of ketones is 1. The van der Waals surface area contributed by atoms with Gasteiger partial charge in [-0.1, -0.05) is 35.9 Å². The summed E-state index contributed by atoms with van der Waals surface area (Å²) in [4.78, 5) is 32.7. The molecule has 0 saturated heterocycles. The lowest BCUT2D eigenvalue weighted by atomic mass is 10.0. The van der Waals surface area contributed by atoms with Crippen molar-refractivity contribution in [3.05, 3.63) is 87.5 Å². The van der Waals surface area contributed by atoms with Gasteiger partial charge in [0.2, 0.25) is 6.29 Å². The Morgan fingerprint density at radius 1 is 0.909 bits per heavy atom. The van der Waals surface area contributed by atoms with Gasteiger partial charge >= 0.3 is 5.97 Å². The Morgan fingerprint density at radius 3 is 2.03 bits per heavy atom. The largest absolute Gasteiger partial charge is 0.461 e. The van der Waals surface area contributed by atoms with Crippen LogP contribution in [0.3, 0.4) is 0 Å². The number of ether oxygens (including phenoxy) is 3. The molecule has 3 aromatic rings. The zero-order valence-electron chi connectivity index (χ0n) is 18.9. The molecule has 0 atom stereocenters. The van der Waals surface area contributed by atoms with Gasteiger partial charge in [-0.25, -0.2) is 9.78 Å². The fourth-order valence-electron chi connectivity index (χ4n) is 3.30. The molecule has 1 heterocycles. The number of halogens is 1. The maximum absolute atomic E-state index is 12.7. The molecule has 0 amide bonds. The minimum absolute atomic E-state index is 0.0839. The van der Waals surface area contributed by atoms with E-state index in [4.69, 9.17) is 25.8 Å². The third-order valence-electron chi connectivity index (χ3n) is 4.82. The topological polar surface area (TPSA) is 90.5 Å². The van der Waals surface area contributed by atoms with Crippen LogP contribution in [0.5, 0.6) is 0 Å². The normalized spacial score (nSPS) is 11.1. The number of aromatic amines is 1. The molecule has 33 heavy (non-hydrogen) atoms. The number of benzene rings is 2. The molecule has 3 rings (SSSR count). The zero-order chi connectivity index (χ0) is 23.8. The predicted octanol–water partition coefficient (Wildman–Crippen LogP) is 5.13. The minimum atomic E-state index is -0.750. The van der Waals surface area contributed by atoms with Crippen molar-refractivity contribution in [1.82, 2.24) is 9.97 Å². The van der Waals surface area contributed by atoms with Gasteiger partial charge in [0.15, 0.2) is 11.5 Å². The highest BCUT2D eigenvalue weighted by Crippen LogP contribution is 2.23. The SMILES string of the molecule is CCOC(=O)c1nc(Cc2ccc(C(=O)c3ccc(Cl)cc3)cc2)[nH]c1C(OCC)OCC. The van der Waals surface area contributed by atoms with Crippen LogP contribution in [-0.4, -0.2) is 41.5 Å². The monoisotopic (exact) mass is 470 g/mol. The number of carbonyl (C=O) groups is 2. The Bertz CT molecular complexity index is 1070. The molecule has 0 saturated carbocycles. The van der Waals surface area contributed by atoms with E-state index >= 15 is 0 Å². The molecular weight excluding hydrogens is 444 g/mol. The first-order valence-corrected chi connectivity index (χ1v) is 11.2. The van der Waals surface area contributed by atoms with Crippen LogP contribution in [0, 0.1) is 0 Å². The number of esters is 1. The first-order valence-electron chi connectivity index (χ1n) is 10.8. The number of carbonyl (C=O) groups excluding carboxylic acids is 2. The number of nitrogens with zero attached hydrogens (tertiary/aromatic N) is 1. The van der Waals surface area contributed by atoms with E-state index in [0.717, 1.165) is 5.56 Å². The molecule has 0 fully saturated rings. The second kappa shape index (κ2) is 11.7. The summed E-state index contributed by atoms with van der Waals surface area (Å²) in [5.41, 5.74) is 2.64. The lowest BCUT2D eigenvalue weighted by molar-refractivity contribution is -0.142. The lowest BCUT2D eigenvalue weighted by Crippen LogP contribution is -2.15. The summed E-state index contributed by atoms with van der Waals surface area (Å²) in [6.07, 6.45) is -0.327. The van der Waals surface area contributed by atoms with Gasteiger partial charge < -0.3 is 19.2 Å². The van der Waals surface area contributed by atoms with Gasteiger partial charge in [-0.15, -0.1) is 0 Å². The fraction of sp³-hybridized carbons (Fsp3) is 0.320. The summed E-state index contributed by atoms with van der Waals surface area (Å²) in [5.74, 6) is -0.0584. The average Bonchev–Trinajstić information content (AvgIpc) is 3.23. The van der Waals surface area contributed by atoms with E-state index in [-0.39, 0.29) is 18.1 Å². The van der Waals surface area contributed by atoms with Crippen molar-refractivity contribution >= 4 is 23.4 Å². The van der Waals surface area contributed by atoms with E-state index in [1.54, 1.807) is 43.3 Å². The lowest BCUT2D eigenvalue weighted by Gasteiger charge is -2.16. The van der Waals surface area contributed by atoms with Gasteiger partial charge in [0, 0.05) is 35.8 Å². The summed E-state index contributed by atoms with van der Waals surface area (Å²) in [6.45, 7) is 6.48. The van der Waals surface area contributed by atoms with E-state index < -0.39 is 12.3 Å². The van der Waals surface area contributed by atoms with Crippen molar-refractivity contribution in [3.8, 4) is 0 Å². The van der Waals surface area contributed by atoms with Gasteiger partial charge in [0.25, 0.3) is 0 Å². The van der Waals surface area contributed by atoms with Crippen LogP contribution in [0.25, 0.3) is 0 Å². The summed E-state index contributed by atoms with van der Waals surface area (Å²) in [5, 5.41) is 0.581. The number of nitrogens with one attached hydrogen (secondary N) is 1. The number of aromatic nitrogens is 2. The van der Waals surface area contributed by atoms with Crippen molar-refractivity contribution in [2.75, 3.05) is 19.8 Å². The van der Waals surface area contributed by atoms with Crippen molar-refractivity contribution in [1.29, 1.82) is 0 Å². The first-order chi connectivity index (χ1) is 16.0. The number of rotatable bonds is 11. The Morgan fingerprint density at radius 2 is 1.48 bits per heavy atom. The van der Waals surface area contributed by atoms with Crippen LogP contribution >= 0.6 is 11.6 Å². The Labute approximate surface area is 198 Å². The summed E-state index contributed by atoms with van der Waals surface area (Å²) in [6, 6.07) is 14.0. The molecule has 2 aromatic carbocycles. The van der Waals surface area contributed by atoms with Crippen molar-refractivity contribution in [3.63, 3.8) is 0 Å². The highest BCUT2D eigenvalue weighted by Gasteiger charge is 2.26. The molecule has 0 aliphatic heterocycles. The number of H-pyrrole nitrogens is 1. The fourth-order valence-corrected chi connectivity index (χ4v) is 3.43. The van der Waals surface area contributed by atoms with E-state index in [0.29, 0.717) is 47.3 Å². The molecule has 0 radical (unpaired) electrons. The van der Waals surface area contributed by atoms with Gasteiger partial charge in [-0.3, -0.25) is 4.79 Å². The molecule has 174 valence electrons. The van der Waals surface area contributed by atoms with Gasteiger partial charge in [-0.05, 0) is 50.6 Å². The maximum Gasteiger partial charge on any atom is 0.359 e. The highest BCUT2D eigenvalue weighted by atomic mass is 35.5. The van der Waals surface area contributed by atoms with Crippen LogP contribution in [0.2, 0.25) is 5.02 Å². The second-order valence-electron chi connectivity index (χ2n) is 7.12. The van der Waals surface area contributed by atoms with E-state index in [1.807, 2.05) is 26.0 Å². The zero-order valence-corrected chi connectivity index (χ0v) is 19.6. The van der Waals surface area contributed by atoms with Crippen LogP contribution in [0.1, 0.15) is 70.6 Å². The Balaban J connectivity index is 1.82. The molecule has 0 aliphatic carbocycles. The smallest absolute Gasteiger partial charge is 0.359 e. The first kappa shape index (κ1) is 24.6. The number of imidazole rings is 1. The third kappa shape index (κ3) is 6.28. The number of hydrogen-bond donors (Lipinski definition) is 1. The van der Waals surface area contributed by atoms with Gasteiger partial charge in [-0.2, -0.15) is 0 Å². The summed E-state index contributed by atoms with van der Waals surface area (Å²) < 4.78 is 16.4. The Hall–Kier alpha value is -3.00. The van der Waals surface area contributed by atoms with Crippen LogP contribution in [-0.2, 0) is 20.6 Å². The van der Waals surface area contributed by atoms with Gasteiger partial charge in [0.1, 0.15) is 11.5 Å². The van der Waals surface area contributed by atoms with E-state index in [9.17, 15) is 9.59 Å². The molecule has 0 spiro atoms. The van der Waals surface area contributed by atoms with Crippen molar-refractivity contribution in [2.45, 2.75) is 33.5 Å². The quantitative estimate of drug-likeness (QED) is 0.237. The molecule has 0 bridgehead atoms. The Kier molecular flexibility index (Phi) is 8.77. The van der Waals surface area contributed by atoms with E-state index in [1.165, 1.54) is 0 Å². The summed E-state index contributed by atoms with van der Waals surface area (Å²) in [7, 11) is 0. The van der Waals surface area contributed by atoms with E-state index in [2.05, 4.69) is 9.97 Å². The molecule has 1 aromatic heterocycles. The van der Waals surface area contributed by atoms with Gasteiger partial charge in [0.05, 0.1) is 6.61 Å². The highest BCUT2D eigenvalue weighted by molar-refractivity contribution is 6.30. The summed E-state index contributed by atoms with van der Waals surface area (Å²) >= 11 is 5.90. The third-order valence-corrected chi connectivity index (χ3v) is 5.07. The average molecular weight is 471 g/mol. The number of hydrogen-bond acceptors (Lipinski definition) is 6. The van der Waals surface area contributed by atoms with Crippen LogP contribution in [0.4, 0.5) is 0 Å². The van der Waals surface area contributed by atoms with Crippen molar-refractivity contribution in [2.24, 2.45) is 0 Å². The second-order valence-corrected chi connectivity index (χ2v) is 7.56.